The first-order valence-electron chi connectivity index (χ1n) is 6.19. The van der Waals surface area contributed by atoms with Gasteiger partial charge in [-0.3, -0.25) is 0 Å². The Morgan fingerprint density at radius 1 is 1.45 bits per heavy atom. The number of rotatable bonds is 4. The molecule has 0 saturated heterocycles. The molecule has 0 aliphatic heterocycles. The van der Waals surface area contributed by atoms with Crippen LogP contribution in [0.4, 0.5) is 10.7 Å². The fourth-order valence-corrected chi connectivity index (χ4v) is 2.82. The largest absolute Gasteiger partial charge is 0.462 e. The second-order valence-electron chi connectivity index (χ2n) is 4.30. The third-order valence-electron chi connectivity index (χ3n) is 2.72. The van der Waals surface area contributed by atoms with Crippen LogP contribution in [-0.4, -0.2) is 16.9 Å². The molecule has 0 aliphatic rings. The lowest BCUT2D eigenvalue weighted by Crippen LogP contribution is -2.07. The Morgan fingerprint density at radius 2 is 2.20 bits per heavy atom. The highest BCUT2D eigenvalue weighted by Crippen LogP contribution is 2.32. The minimum atomic E-state index is -0.371. The van der Waals surface area contributed by atoms with Crippen molar-refractivity contribution < 1.29 is 9.53 Å². The lowest BCUT2D eigenvalue weighted by Gasteiger charge is -2.09. The van der Waals surface area contributed by atoms with Gasteiger partial charge in [0.2, 0.25) is 0 Å². The van der Waals surface area contributed by atoms with Gasteiger partial charge in [0.05, 0.1) is 23.0 Å². The summed E-state index contributed by atoms with van der Waals surface area (Å²) in [5.41, 5.74) is 2.94. The molecule has 106 valence electrons. The molecule has 2 aromatic rings. The van der Waals surface area contributed by atoms with Crippen LogP contribution >= 0.6 is 23.1 Å². The van der Waals surface area contributed by atoms with Crippen molar-refractivity contribution in [1.29, 1.82) is 0 Å². The number of carbonyl (C=O) groups excluding carboxylic acids is 1. The van der Waals surface area contributed by atoms with Crippen molar-refractivity contribution in [3.8, 4) is 0 Å². The Hall–Kier alpha value is -1.59. The number of aromatic nitrogens is 1. The van der Waals surface area contributed by atoms with Crippen LogP contribution in [0.25, 0.3) is 0 Å². The second kappa shape index (κ2) is 6.24. The van der Waals surface area contributed by atoms with Gasteiger partial charge >= 0.3 is 5.97 Å². The minimum absolute atomic E-state index is 0.332. The van der Waals surface area contributed by atoms with Crippen LogP contribution in [0.15, 0.2) is 18.2 Å². The first-order chi connectivity index (χ1) is 9.52. The zero-order valence-electron chi connectivity index (χ0n) is 11.5. The van der Waals surface area contributed by atoms with Crippen LogP contribution < -0.4 is 5.32 Å². The molecule has 1 aromatic carbocycles. The van der Waals surface area contributed by atoms with Gasteiger partial charge < -0.3 is 10.1 Å². The van der Waals surface area contributed by atoms with E-state index in [0.717, 1.165) is 11.3 Å². The summed E-state index contributed by atoms with van der Waals surface area (Å²) in [6.45, 7) is 5.86. The summed E-state index contributed by atoms with van der Waals surface area (Å²) in [5, 5.41) is 4.40. The van der Waals surface area contributed by atoms with E-state index < -0.39 is 0 Å². The SMILES string of the molecule is CCOC(=O)c1c(C)nsc1Nc1ccc(C)cc1Cl. The Bertz CT molecular complexity index is 640. The van der Waals surface area contributed by atoms with Crippen molar-refractivity contribution in [3.63, 3.8) is 0 Å². The Kier molecular flexibility index (Phi) is 4.62. The van der Waals surface area contributed by atoms with Gasteiger partial charge in [-0.05, 0) is 50.0 Å². The van der Waals surface area contributed by atoms with Crippen molar-refractivity contribution in [2.45, 2.75) is 20.8 Å². The smallest absolute Gasteiger partial charge is 0.343 e. The van der Waals surface area contributed by atoms with Crippen LogP contribution in [0.3, 0.4) is 0 Å². The standard InChI is InChI=1S/C14H15ClN2O2S/c1-4-19-14(18)12-9(3)17-20-13(12)16-11-6-5-8(2)7-10(11)15/h5-7,16H,4H2,1-3H3. The molecule has 0 spiro atoms. The van der Waals surface area contributed by atoms with E-state index in [-0.39, 0.29) is 5.97 Å². The maximum Gasteiger partial charge on any atom is 0.343 e. The predicted octanol–water partition coefficient (Wildman–Crippen LogP) is 4.33. The molecule has 0 bridgehead atoms. The van der Waals surface area contributed by atoms with E-state index in [1.54, 1.807) is 13.8 Å². The molecular weight excluding hydrogens is 296 g/mol. The molecule has 0 amide bonds. The Labute approximate surface area is 126 Å². The number of aryl methyl sites for hydroxylation is 2. The second-order valence-corrected chi connectivity index (χ2v) is 5.48. The van der Waals surface area contributed by atoms with Crippen molar-refractivity contribution >= 4 is 39.8 Å². The number of benzene rings is 1. The molecule has 1 aromatic heterocycles. The highest BCUT2D eigenvalue weighted by Gasteiger charge is 2.20. The van der Waals surface area contributed by atoms with Crippen molar-refractivity contribution in [1.82, 2.24) is 4.37 Å². The number of nitrogens with zero attached hydrogens (tertiary/aromatic N) is 1. The van der Waals surface area contributed by atoms with E-state index in [4.69, 9.17) is 16.3 Å². The lowest BCUT2D eigenvalue weighted by atomic mass is 10.2. The monoisotopic (exact) mass is 310 g/mol. The van der Waals surface area contributed by atoms with Crippen LogP contribution in [0.5, 0.6) is 0 Å². The van der Waals surface area contributed by atoms with Gasteiger partial charge in [-0.25, -0.2) is 4.79 Å². The van der Waals surface area contributed by atoms with Crippen molar-refractivity contribution in [3.05, 3.63) is 40.0 Å². The normalized spacial score (nSPS) is 10.4. The molecular formula is C14H15ClN2O2S. The molecule has 6 heteroatoms. The van der Waals surface area contributed by atoms with Crippen LogP contribution in [-0.2, 0) is 4.74 Å². The van der Waals surface area contributed by atoms with E-state index in [1.165, 1.54) is 11.5 Å². The molecule has 1 N–H and O–H groups in total. The van der Waals surface area contributed by atoms with Gasteiger partial charge in [0.1, 0.15) is 10.6 Å². The van der Waals surface area contributed by atoms with Gasteiger partial charge in [0.25, 0.3) is 0 Å². The molecule has 2 rings (SSSR count). The number of anilines is 2. The lowest BCUT2D eigenvalue weighted by molar-refractivity contribution is 0.0527. The van der Waals surface area contributed by atoms with Crippen LogP contribution in [0, 0.1) is 13.8 Å². The van der Waals surface area contributed by atoms with Gasteiger partial charge in [-0.1, -0.05) is 17.7 Å². The zero-order valence-corrected chi connectivity index (χ0v) is 13.1. The fraction of sp³-hybridized carbons (Fsp3) is 0.286. The molecule has 0 unspecified atom stereocenters. The number of hydrogen-bond donors (Lipinski definition) is 1. The van der Waals surface area contributed by atoms with Crippen LogP contribution in [0.1, 0.15) is 28.5 Å². The maximum absolute atomic E-state index is 11.9. The van der Waals surface area contributed by atoms with Gasteiger partial charge in [-0.2, -0.15) is 4.37 Å². The van der Waals surface area contributed by atoms with Crippen molar-refractivity contribution in [2.24, 2.45) is 0 Å². The number of esters is 1. The molecule has 0 radical (unpaired) electrons. The first-order valence-corrected chi connectivity index (χ1v) is 7.34. The summed E-state index contributed by atoms with van der Waals surface area (Å²) in [5.74, 6) is -0.371. The van der Waals surface area contributed by atoms with E-state index in [2.05, 4.69) is 9.69 Å². The van der Waals surface area contributed by atoms with Gasteiger partial charge in [-0.15, -0.1) is 0 Å². The topological polar surface area (TPSA) is 51.2 Å². The number of halogens is 1. The average Bonchev–Trinajstić information content (AvgIpc) is 2.74. The minimum Gasteiger partial charge on any atom is -0.462 e. The zero-order chi connectivity index (χ0) is 14.7. The number of nitrogens with one attached hydrogen (secondary N) is 1. The summed E-state index contributed by atoms with van der Waals surface area (Å²) >= 11 is 7.40. The van der Waals surface area contributed by atoms with E-state index in [0.29, 0.717) is 27.9 Å². The molecule has 0 aliphatic carbocycles. The molecule has 4 nitrogen and oxygen atoms in total. The summed E-state index contributed by atoms with van der Waals surface area (Å²) in [6, 6.07) is 5.69. The highest BCUT2D eigenvalue weighted by atomic mass is 35.5. The Morgan fingerprint density at radius 3 is 2.85 bits per heavy atom. The first kappa shape index (κ1) is 14.8. The van der Waals surface area contributed by atoms with E-state index in [1.807, 2.05) is 25.1 Å². The molecule has 0 fully saturated rings. The summed E-state index contributed by atoms with van der Waals surface area (Å²) < 4.78 is 9.25. The summed E-state index contributed by atoms with van der Waals surface area (Å²) in [7, 11) is 0. The van der Waals surface area contributed by atoms with Crippen molar-refractivity contribution in [2.75, 3.05) is 11.9 Å². The fourth-order valence-electron chi connectivity index (χ4n) is 1.74. The number of ether oxygens (including phenoxy) is 1. The van der Waals surface area contributed by atoms with E-state index >= 15 is 0 Å². The Balaban J connectivity index is 2.32. The van der Waals surface area contributed by atoms with Gasteiger partial charge in [0.15, 0.2) is 0 Å². The molecule has 0 atom stereocenters. The summed E-state index contributed by atoms with van der Waals surface area (Å²) in [4.78, 5) is 11.9. The molecule has 0 saturated carbocycles. The number of carbonyl (C=O) groups is 1. The van der Waals surface area contributed by atoms with E-state index in [9.17, 15) is 4.79 Å². The number of hydrogen-bond acceptors (Lipinski definition) is 5. The third-order valence-corrected chi connectivity index (χ3v) is 3.88. The average molecular weight is 311 g/mol. The quantitative estimate of drug-likeness (QED) is 0.854. The molecule has 1 heterocycles. The maximum atomic E-state index is 11.9. The predicted molar refractivity (Wildman–Crippen MR) is 82.3 cm³/mol. The van der Waals surface area contributed by atoms with Gasteiger partial charge in [0, 0.05) is 0 Å². The summed E-state index contributed by atoms with van der Waals surface area (Å²) in [6.07, 6.45) is 0. The molecule has 20 heavy (non-hydrogen) atoms. The van der Waals surface area contributed by atoms with Crippen LogP contribution in [0.2, 0.25) is 5.02 Å². The highest BCUT2D eigenvalue weighted by molar-refractivity contribution is 7.10. The third kappa shape index (κ3) is 3.11.